The Balaban J connectivity index is 1.94. The monoisotopic (exact) mass is 408 g/mol. The minimum atomic E-state index is -4.49. The van der Waals surface area contributed by atoms with Crippen LogP contribution in [-0.4, -0.2) is 31.1 Å². The van der Waals surface area contributed by atoms with Gasteiger partial charge in [0.05, 0.1) is 13.0 Å². The number of amides is 2. The van der Waals surface area contributed by atoms with Crippen LogP contribution in [-0.2, 0) is 4.79 Å². The fourth-order valence-corrected chi connectivity index (χ4v) is 2.53. The number of carbonyl (C=O) groups is 2. The van der Waals surface area contributed by atoms with Gasteiger partial charge in [0.1, 0.15) is 12.3 Å². The maximum absolute atomic E-state index is 12.3. The van der Waals surface area contributed by atoms with Crippen LogP contribution in [0.3, 0.4) is 0 Å². The van der Waals surface area contributed by atoms with Gasteiger partial charge < -0.3 is 15.4 Å². The number of hydrogen-bond acceptors (Lipinski definition) is 3. The summed E-state index contributed by atoms with van der Waals surface area (Å²) in [5.41, 5.74) is 3.16. The number of carbonyl (C=O) groups excluding carboxylic acids is 2. The second-order valence-electron chi connectivity index (χ2n) is 6.67. The van der Waals surface area contributed by atoms with Crippen molar-refractivity contribution in [3.63, 3.8) is 0 Å². The fourth-order valence-electron chi connectivity index (χ4n) is 2.53. The van der Waals surface area contributed by atoms with Gasteiger partial charge in [-0.2, -0.15) is 13.2 Å². The summed E-state index contributed by atoms with van der Waals surface area (Å²) >= 11 is 0. The average Bonchev–Trinajstić information content (AvgIpc) is 2.64. The van der Waals surface area contributed by atoms with Gasteiger partial charge in [0.15, 0.2) is 0 Å². The van der Waals surface area contributed by atoms with Gasteiger partial charge in [0.25, 0.3) is 5.91 Å². The smallest absolute Gasteiger partial charge is 0.405 e. The summed E-state index contributed by atoms with van der Waals surface area (Å²) in [7, 11) is 0. The van der Waals surface area contributed by atoms with E-state index in [0.29, 0.717) is 17.0 Å². The van der Waals surface area contributed by atoms with Gasteiger partial charge in [-0.25, -0.2) is 0 Å². The first-order valence-electron chi connectivity index (χ1n) is 9.01. The first-order valence-corrected chi connectivity index (χ1v) is 9.01. The van der Waals surface area contributed by atoms with E-state index in [1.807, 2.05) is 32.0 Å². The van der Waals surface area contributed by atoms with Gasteiger partial charge in [-0.3, -0.25) is 9.59 Å². The fraction of sp³-hybridized carbons (Fsp3) is 0.333. The number of halogens is 3. The van der Waals surface area contributed by atoms with Gasteiger partial charge in [0.2, 0.25) is 5.91 Å². The van der Waals surface area contributed by atoms with E-state index in [-0.39, 0.29) is 24.5 Å². The summed E-state index contributed by atoms with van der Waals surface area (Å²) in [6.45, 7) is 4.37. The van der Waals surface area contributed by atoms with Crippen LogP contribution in [0.5, 0.6) is 5.75 Å². The second-order valence-corrected chi connectivity index (χ2v) is 6.67. The molecule has 0 heterocycles. The van der Waals surface area contributed by atoms with Crippen LogP contribution in [0.15, 0.2) is 36.4 Å². The van der Waals surface area contributed by atoms with Crippen molar-refractivity contribution in [3.8, 4) is 5.75 Å². The number of ether oxygens (including phenoxy) is 1. The first kappa shape index (κ1) is 22.3. The summed E-state index contributed by atoms with van der Waals surface area (Å²) in [6, 6.07) is 9.98. The van der Waals surface area contributed by atoms with E-state index >= 15 is 0 Å². The number of anilines is 1. The Morgan fingerprint density at radius 3 is 2.45 bits per heavy atom. The number of alkyl halides is 3. The van der Waals surface area contributed by atoms with Crippen LogP contribution in [0.2, 0.25) is 0 Å². The maximum atomic E-state index is 12.3. The van der Waals surface area contributed by atoms with E-state index in [0.717, 1.165) is 11.1 Å². The highest BCUT2D eigenvalue weighted by Gasteiger charge is 2.28. The molecule has 2 aromatic carbocycles. The third-order valence-corrected chi connectivity index (χ3v) is 4.36. The Hall–Kier alpha value is -3.03. The molecular formula is C21H23F3N2O3. The molecule has 29 heavy (non-hydrogen) atoms. The van der Waals surface area contributed by atoms with Crippen LogP contribution in [0.25, 0.3) is 0 Å². The molecule has 8 heteroatoms. The van der Waals surface area contributed by atoms with Gasteiger partial charge in [0, 0.05) is 11.3 Å². The van der Waals surface area contributed by atoms with Crippen molar-refractivity contribution in [3.05, 3.63) is 58.7 Å². The molecule has 0 spiro atoms. The Kier molecular flexibility index (Phi) is 7.25. The SMILES string of the molecule is Cc1ccc(C(=O)NCC(F)(F)F)cc1NC(=O)CCOc1cccc(C)c1C. The van der Waals surface area contributed by atoms with Crippen molar-refractivity contribution >= 4 is 17.5 Å². The molecule has 2 rings (SSSR count). The lowest BCUT2D eigenvalue weighted by atomic mass is 10.1. The van der Waals surface area contributed by atoms with Crippen molar-refractivity contribution in [2.75, 3.05) is 18.5 Å². The molecule has 0 atom stereocenters. The van der Waals surface area contributed by atoms with Crippen LogP contribution in [0.4, 0.5) is 18.9 Å². The van der Waals surface area contributed by atoms with Gasteiger partial charge in [-0.05, 0) is 55.7 Å². The lowest BCUT2D eigenvalue weighted by molar-refractivity contribution is -0.123. The Bertz CT molecular complexity index is 895. The molecule has 5 nitrogen and oxygen atoms in total. The summed E-state index contributed by atoms with van der Waals surface area (Å²) in [4.78, 5) is 24.1. The molecule has 0 radical (unpaired) electrons. The number of benzene rings is 2. The number of hydrogen-bond donors (Lipinski definition) is 2. The molecule has 0 aromatic heterocycles. The highest BCUT2D eigenvalue weighted by atomic mass is 19.4. The normalized spacial score (nSPS) is 11.1. The van der Waals surface area contributed by atoms with E-state index in [4.69, 9.17) is 4.74 Å². The van der Waals surface area contributed by atoms with Gasteiger partial charge in [-0.1, -0.05) is 18.2 Å². The van der Waals surface area contributed by atoms with Crippen LogP contribution >= 0.6 is 0 Å². The largest absolute Gasteiger partial charge is 0.493 e. The Morgan fingerprint density at radius 1 is 1.03 bits per heavy atom. The van der Waals surface area contributed by atoms with E-state index in [1.165, 1.54) is 12.1 Å². The minimum absolute atomic E-state index is 0.0294. The van der Waals surface area contributed by atoms with Crippen LogP contribution in [0, 0.1) is 20.8 Å². The molecule has 2 aromatic rings. The van der Waals surface area contributed by atoms with Crippen molar-refractivity contribution in [2.24, 2.45) is 0 Å². The summed E-state index contributed by atoms with van der Waals surface area (Å²) < 4.78 is 42.4. The molecule has 156 valence electrons. The second kappa shape index (κ2) is 9.45. The topological polar surface area (TPSA) is 67.4 Å². The molecule has 0 saturated carbocycles. The molecule has 0 unspecified atom stereocenters. The van der Waals surface area contributed by atoms with Crippen LogP contribution in [0.1, 0.15) is 33.5 Å². The molecule has 0 saturated heterocycles. The summed E-state index contributed by atoms with van der Waals surface area (Å²) in [6.07, 6.45) is -4.41. The van der Waals surface area contributed by atoms with Gasteiger partial charge in [-0.15, -0.1) is 0 Å². The number of nitrogens with one attached hydrogen (secondary N) is 2. The Labute approximate surface area is 167 Å². The number of aryl methyl sites for hydroxylation is 2. The molecular weight excluding hydrogens is 385 g/mol. The molecule has 0 aliphatic carbocycles. The zero-order valence-electron chi connectivity index (χ0n) is 16.4. The Morgan fingerprint density at radius 2 is 1.76 bits per heavy atom. The molecule has 0 fully saturated rings. The molecule has 0 aliphatic heterocycles. The lowest BCUT2D eigenvalue weighted by Crippen LogP contribution is -2.33. The highest BCUT2D eigenvalue weighted by Crippen LogP contribution is 2.21. The molecule has 0 bridgehead atoms. The minimum Gasteiger partial charge on any atom is -0.493 e. The zero-order chi connectivity index (χ0) is 21.6. The quantitative estimate of drug-likeness (QED) is 0.717. The summed E-state index contributed by atoms with van der Waals surface area (Å²) in [5.74, 6) is -0.486. The van der Waals surface area contributed by atoms with E-state index in [9.17, 15) is 22.8 Å². The standard InChI is InChI=1S/C21H23F3N2O3/c1-13-5-4-6-18(15(13)3)29-10-9-19(27)26-17-11-16(8-7-14(17)2)20(28)25-12-21(22,23)24/h4-8,11H,9-10,12H2,1-3H3,(H,25,28)(H,26,27). The van der Waals surface area contributed by atoms with Crippen molar-refractivity contribution < 1.29 is 27.5 Å². The molecule has 2 N–H and O–H groups in total. The zero-order valence-corrected chi connectivity index (χ0v) is 16.4. The summed E-state index contributed by atoms with van der Waals surface area (Å²) in [5, 5.41) is 4.47. The van der Waals surface area contributed by atoms with Crippen molar-refractivity contribution in [1.29, 1.82) is 0 Å². The predicted octanol–water partition coefficient (Wildman–Crippen LogP) is 4.31. The highest BCUT2D eigenvalue weighted by molar-refractivity contribution is 5.97. The molecule has 0 aliphatic rings. The van der Waals surface area contributed by atoms with Crippen LogP contribution < -0.4 is 15.4 Å². The average molecular weight is 408 g/mol. The molecule has 2 amide bonds. The predicted molar refractivity (Wildman–Crippen MR) is 104 cm³/mol. The van der Waals surface area contributed by atoms with E-state index in [2.05, 4.69) is 5.32 Å². The first-order chi connectivity index (χ1) is 13.6. The van der Waals surface area contributed by atoms with E-state index in [1.54, 1.807) is 18.3 Å². The third kappa shape index (κ3) is 6.81. The number of rotatable bonds is 7. The lowest BCUT2D eigenvalue weighted by Gasteiger charge is -2.13. The van der Waals surface area contributed by atoms with Crippen molar-refractivity contribution in [1.82, 2.24) is 5.32 Å². The maximum Gasteiger partial charge on any atom is 0.405 e. The van der Waals surface area contributed by atoms with E-state index < -0.39 is 18.6 Å². The van der Waals surface area contributed by atoms with Crippen molar-refractivity contribution in [2.45, 2.75) is 33.4 Å². The van der Waals surface area contributed by atoms with Gasteiger partial charge >= 0.3 is 6.18 Å². The third-order valence-electron chi connectivity index (χ3n) is 4.36.